The third-order valence-corrected chi connectivity index (χ3v) is 5.29. The zero-order chi connectivity index (χ0) is 14.9. The predicted molar refractivity (Wildman–Crippen MR) is 87.8 cm³/mol. The van der Waals surface area contributed by atoms with Gasteiger partial charge in [0.2, 0.25) is 0 Å². The summed E-state index contributed by atoms with van der Waals surface area (Å²) in [5, 5.41) is 0.625. The molecule has 1 atom stereocenters. The molecule has 0 amide bonds. The smallest absolute Gasteiger partial charge is 0.137 e. The fraction of sp³-hybridized carbons (Fsp3) is 0.308. The molecule has 7 heteroatoms. The molecular formula is C13H12BrCl2FN2S. The highest BCUT2D eigenvalue weighted by Crippen LogP contribution is 2.43. The van der Waals surface area contributed by atoms with E-state index in [4.69, 9.17) is 28.9 Å². The number of nitrogen functional groups attached to an aromatic ring is 1. The van der Waals surface area contributed by atoms with E-state index in [-0.39, 0.29) is 22.5 Å². The highest BCUT2D eigenvalue weighted by atomic mass is 79.9. The molecule has 0 aliphatic heterocycles. The minimum atomic E-state index is -0.307. The van der Waals surface area contributed by atoms with Crippen LogP contribution in [0.2, 0.25) is 0 Å². The fourth-order valence-electron chi connectivity index (χ4n) is 1.90. The van der Waals surface area contributed by atoms with Crippen molar-refractivity contribution >= 4 is 56.7 Å². The van der Waals surface area contributed by atoms with E-state index in [1.165, 1.54) is 11.8 Å². The summed E-state index contributed by atoms with van der Waals surface area (Å²) >= 11 is 17.1. The molecule has 0 bridgehead atoms. The average Bonchev–Trinajstić information content (AvgIpc) is 2.39. The number of aromatic nitrogens is 1. The molecule has 0 spiro atoms. The van der Waals surface area contributed by atoms with Gasteiger partial charge in [-0.25, -0.2) is 9.37 Å². The van der Waals surface area contributed by atoms with Crippen molar-refractivity contribution < 1.29 is 4.39 Å². The van der Waals surface area contributed by atoms with Gasteiger partial charge in [0.05, 0.1) is 9.93 Å². The van der Waals surface area contributed by atoms with E-state index >= 15 is 0 Å². The number of halogens is 4. The lowest BCUT2D eigenvalue weighted by atomic mass is 10.0. The molecule has 1 unspecified atom stereocenters. The molecule has 2 nitrogen and oxygen atoms in total. The van der Waals surface area contributed by atoms with Gasteiger partial charge < -0.3 is 5.73 Å². The van der Waals surface area contributed by atoms with E-state index in [9.17, 15) is 4.39 Å². The van der Waals surface area contributed by atoms with Gasteiger partial charge in [0.15, 0.2) is 0 Å². The lowest BCUT2D eigenvalue weighted by Gasteiger charge is -2.21. The molecule has 1 heterocycles. The summed E-state index contributed by atoms with van der Waals surface area (Å²) in [7, 11) is 0. The van der Waals surface area contributed by atoms with Gasteiger partial charge in [-0.15, -0.1) is 11.8 Å². The zero-order valence-electron chi connectivity index (χ0n) is 10.6. The molecule has 0 radical (unpaired) electrons. The van der Waals surface area contributed by atoms with Gasteiger partial charge >= 0.3 is 0 Å². The molecule has 0 saturated heterocycles. The lowest BCUT2D eigenvalue weighted by molar-refractivity contribution is 0.578. The molecular weight excluding hydrogens is 386 g/mol. The molecule has 108 valence electrons. The topological polar surface area (TPSA) is 38.9 Å². The third-order valence-electron chi connectivity index (χ3n) is 2.89. The Morgan fingerprint density at radius 3 is 2.85 bits per heavy atom. The maximum absolute atomic E-state index is 13.6. The van der Waals surface area contributed by atoms with Crippen molar-refractivity contribution in [1.29, 1.82) is 0 Å². The second-order valence-corrected chi connectivity index (χ2v) is 7.47. The molecule has 0 aromatic carbocycles. The van der Waals surface area contributed by atoms with Crippen LogP contribution in [-0.4, -0.2) is 10.2 Å². The molecule has 1 aliphatic rings. The number of nitrogens with zero attached hydrogens (tertiary/aromatic N) is 1. The van der Waals surface area contributed by atoms with Gasteiger partial charge in [0, 0.05) is 32.9 Å². The summed E-state index contributed by atoms with van der Waals surface area (Å²) in [4.78, 5) is 4.88. The number of thioether (sulfide) groups is 1. The Hall–Kier alpha value is -0.230. The van der Waals surface area contributed by atoms with Crippen molar-refractivity contribution in [3.63, 3.8) is 0 Å². The summed E-state index contributed by atoms with van der Waals surface area (Å²) in [5.74, 6) is 0.122. The maximum Gasteiger partial charge on any atom is 0.137 e. The number of hydrogen-bond acceptors (Lipinski definition) is 3. The van der Waals surface area contributed by atoms with Crippen LogP contribution in [0, 0.1) is 0 Å². The first-order chi connectivity index (χ1) is 9.40. The monoisotopic (exact) mass is 396 g/mol. The van der Waals surface area contributed by atoms with E-state index in [2.05, 4.69) is 20.9 Å². The highest BCUT2D eigenvalue weighted by Gasteiger charge is 2.25. The van der Waals surface area contributed by atoms with E-state index in [0.717, 1.165) is 9.37 Å². The van der Waals surface area contributed by atoms with E-state index in [1.807, 2.05) is 13.0 Å². The van der Waals surface area contributed by atoms with Gasteiger partial charge in [-0.1, -0.05) is 23.2 Å². The zero-order valence-corrected chi connectivity index (χ0v) is 14.5. The first-order valence-corrected chi connectivity index (χ1v) is 8.33. The third kappa shape index (κ3) is 3.50. The average molecular weight is 398 g/mol. The van der Waals surface area contributed by atoms with E-state index in [1.54, 1.807) is 6.20 Å². The van der Waals surface area contributed by atoms with Gasteiger partial charge in [0.25, 0.3) is 0 Å². The molecule has 1 aliphatic carbocycles. The Morgan fingerprint density at radius 2 is 2.15 bits per heavy atom. The van der Waals surface area contributed by atoms with Gasteiger partial charge in [0.1, 0.15) is 11.6 Å². The van der Waals surface area contributed by atoms with Crippen molar-refractivity contribution in [2.24, 2.45) is 0 Å². The van der Waals surface area contributed by atoms with E-state index in [0.29, 0.717) is 22.8 Å². The van der Waals surface area contributed by atoms with Crippen molar-refractivity contribution in [2.75, 3.05) is 5.73 Å². The minimum absolute atomic E-state index is 0.112. The quantitative estimate of drug-likeness (QED) is 0.673. The fourth-order valence-corrected chi connectivity index (χ4v) is 4.42. The van der Waals surface area contributed by atoms with Gasteiger partial charge in [-0.2, -0.15) is 0 Å². The second-order valence-electron chi connectivity index (χ2n) is 4.33. The van der Waals surface area contributed by atoms with Crippen LogP contribution >= 0.6 is 50.9 Å². The van der Waals surface area contributed by atoms with Crippen molar-refractivity contribution in [3.05, 3.63) is 38.2 Å². The Balaban J connectivity index is 2.28. The molecule has 20 heavy (non-hydrogen) atoms. The largest absolute Gasteiger partial charge is 0.383 e. The first kappa shape index (κ1) is 16.1. The van der Waals surface area contributed by atoms with Gasteiger partial charge in [-0.3, -0.25) is 0 Å². The summed E-state index contributed by atoms with van der Waals surface area (Å²) in [6.07, 6.45) is 2.37. The number of allylic oxidation sites excluding steroid dienone is 3. The Bertz CT molecular complexity index is 604. The molecule has 1 aromatic rings. The predicted octanol–water partition coefficient (Wildman–Crippen LogP) is 5.61. The van der Waals surface area contributed by atoms with Crippen LogP contribution in [0.25, 0.3) is 0 Å². The lowest BCUT2D eigenvalue weighted by Crippen LogP contribution is -2.09. The number of rotatable bonds is 3. The maximum atomic E-state index is 13.6. The molecule has 2 N–H and O–H groups in total. The van der Waals surface area contributed by atoms with Crippen LogP contribution in [0.4, 0.5) is 10.2 Å². The summed E-state index contributed by atoms with van der Waals surface area (Å²) in [6, 6.07) is 1.87. The van der Waals surface area contributed by atoms with Crippen LogP contribution in [-0.2, 0) is 0 Å². The summed E-state index contributed by atoms with van der Waals surface area (Å²) < 4.78 is 14.5. The van der Waals surface area contributed by atoms with Crippen LogP contribution in [0.5, 0.6) is 0 Å². The highest BCUT2D eigenvalue weighted by molar-refractivity contribution is 9.10. The summed E-state index contributed by atoms with van der Waals surface area (Å²) in [6.45, 7) is 1.92. The molecule has 2 rings (SSSR count). The molecule has 1 aromatic heterocycles. The van der Waals surface area contributed by atoms with E-state index < -0.39 is 0 Å². The SMILES string of the molecule is CC(Sc1cc(Br)cnc1N)C1=C(Cl)CCC(F)=C1Cl. The van der Waals surface area contributed by atoms with Crippen LogP contribution in [0.1, 0.15) is 19.8 Å². The Kier molecular flexibility index (Phi) is 5.40. The standard InChI is InChI=1S/C13H12BrCl2FN2S/c1-6(11-8(15)2-3-9(17)12(11)16)20-10-4-7(14)5-19-13(10)18/h4-6H,2-3H2,1H3,(H2,18,19). The first-order valence-electron chi connectivity index (χ1n) is 5.91. The molecule has 0 fully saturated rings. The summed E-state index contributed by atoms with van der Waals surface area (Å²) in [5.41, 5.74) is 6.48. The van der Waals surface area contributed by atoms with Crippen LogP contribution in [0.15, 0.2) is 43.1 Å². The normalized spacial score (nSPS) is 17.6. The second kappa shape index (κ2) is 6.69. The van der Waals surface area contributed by atoms with Crippen LogP contribution < -0.4 is 5.73 Å². The van der Waals surface area contributed by atoms with Crippen molar-refractivity contribution in [3.8, 4) is 0 Å². The number of nitrogens with two attached hydrogens (primary N) is 1. The van der Waals surface area contributed by atoms with Gasteiger partial charge in [-0.05, 0) is 35.3 Å². The number of anilines is 1. The molecule has 0 saturated carbocycles. The number of pyridine rings is 1. The minimum Gasteiger partial charge on any atom is -0.383 e. The van der Waals surface area contributed by atoms with Crippen molar-refractivity contribution in [2.45, 2.75) is 29.9 Å². The number of hydrogen-bond donors (Lipinski definition) is 1. The van der Waals surface area contributed by atoms with Crippen LogP contribution in [0.3, 0.4) is 0 Å². The Morgan fingerprint density at radius 1 is 1.45 bits per heavy atom. The Labute approximate surface area is 139 Å². The van der Waals surface area contributed by atoms with Crippen molar-refractivity contribution in [1.82, 2.24) is 4.98 Å².